The number of nitrogens with one attached hydrogen (secondary N) is 1. The largest absolute Gasteiger partial charge is 0.507 e. The maximum Gasteiger partial charge on any atom is 0.255 e. The van der Waals surface area contributed by atoms with Crippen LogP contribution in [0.5, 0.6) is 5.75 Å². The Hall–Kier alpha value is -5.20. The van der Waals surface area contributed by atoms with Crippen molar-refractivity contribution in [3.63, 3.8) is 0 Å². The molecule has 5 aromatic carbocycles. The highest BCUT2D eigenvalue weighted by Crippen LogP contribution is 2.43. The summed E-state index contributed by atoms with van der Waals surface area (Å²) in [5, 5.41) is 26.9. The number of aromatic nitrogens is 2. The molecule has 1 amide bonds. The predicted octanol–water partition coefficient (Wildman–Crippen LogP) is 6.83. The van der Waals surface area contributed by atoms with Gasteiger partial charge in [-0.15, -0.1) is 0 Å². The second-order valence-electron chi connectivity index (χ2n) is 11.4. The number of nitrogens with zero attached hydrogens (tertiary/aromatic N) is 2. The molecule has 0 saturated carbocycles. The molecule has 0 saturated heterocycles. The normalized spacial score (nSPS) is 13.1. The monoisotopic (exact) mass is 581 g/mol. The van der Waals surface area contributed by atoms with E-state index in [-0.39, 0.29) is 23.1 Å². The van der Waals surface area contributed by atoms with Crippen LogP contribution in [0.4, 0.5) is 0 Å². The molecule has 0 bridgehead atoms. The number of hydrogen-bond acceptors (Lipinski definition) is 4. The molecular formula is C38H35N3O3. The summed E-state index contributed by atoms with van der Waals surface area (Å²) in [5.41, 5.74) is 2.29. The predicted molar refractivity (Wildman–Crippen MR) is 174 cm³/mol. The molecule has 1 unspecified atom stereocenters. The third-order valence-electron chi connectivity index (χ3n) is 8.66. The van der Waals surface area contributed by atoms with Crippen molar-refractivity contribution in [1.82, 2.24) is 14.9 Å². The maximum atomic E-state index is 12.6. The van der Waals surface area contributed by atoms with E-state index in [4.69, 9.17) is 4.98 Å². The van der Waals surface area contributed by atoms with Gasteiger partial charge in [0.05, 0.1) is 17.6 Å². The van der Waals surface area contributed by atoms with E-state index in [1.807, 2.05) is 86.8 Å². The number of benzene rings is 5. The summed E-state index contributed by atoms with van der Waals surface area (Å²) >= 11 is 0. The molecule has 6 rings (SSSR count). The van der Waals surface area contributed by atoms with Crippen molar-refractivity contribution in [2.45, 2.75) is 25.0 Å². The van der Waals surface area contributed by atoms with Gasteiger partial charge in [-0.25, -0.2) is 4.98 Å². The third-order valence-corrected chi connectivity index (χ3v) is 8.66. The average molecular weight is 582 g/mol. The lowest BCUT2D eigenvalue weighted by Gasteiger charge is -2.37. The van der Waals surface area contributed by atoms with Crippen molar-refractivity contribution in [2.75, 3.05) is 7.05 Å². The minimum atomic E-state index is -1.46. The van der Waals surface area contributed by atoms with Crippen LogP contribution in [-0.2, 0) is 11.1 Å². The fraction of sp³-hybridized carbons (Fsp3) is 0.158. The minimum absolute atomic E-state index is 0.0958. The van der Waals surface area contributed by atoms with Crippen LogP contribution < -0.4 is 5.32 Å². The maximum absolute atomic E-state index is 12.6. The quantitative estimate of drug-likeness (QED) is 0.172. The lowest BCUT2D eigenvalue weighted by Crippen LogP contribution is -2.37. The van der Waals surface area contributed by atoms with Gasteiger partial charge in [-0.2, -0.15) is 0 Å². The number of amides is 1. The topological polar surface area (TPSA) is 87.4 Å². The van der Waals surface area contributed by atoms with E-state index in [0.717, 1.165) is 22.1 Å². The molecule has 3 N–H and O–H groups in total. The van der Waals surface area contributed by atoms with Gasteiger partial charge in [-0.05, 0) is 51.1 Å². The highest BCUT2D eigenvalue weighted by atomic mass is 16.3. The zero-order valence-electron chi connectivity index (χ0n) is 25.0. The molecular weight excluding hydrogens is 546 g/mol. The van der Waals surface area contributed by atoms with Crippen molar-refractivity contribution in [1.29, 1.82) is 0 Å². The molecule has 0 aliphatic rings. The SMILES string of the molecule is CNC(=O)c1c(O)ccc2cc(C(O)(c3cn(C(c4ccccc4)(c4ccccc4)c4ccccc4)cn3)C(C)C)ccc12. The first-order valence-electron chi connectivity index (χ1n) is 14.7. The first-order valence-corrected chi connectivity index (χ1v) is 14.7. The molecule has 1 aromatic heterocycles. The van der Waals surface area contributed by atoms with Crippen LogP contribution >= 0.6 is 0 Å². The van der Waals surface area contributed by atoms with Crippen LogP contribution in [0.3, 0.4) is 0 Å². The van der Waals surface area contributed by atoms with Gasteiger partial charge in [-0.1, -0.05) is 123 Å². The molecule has 6 heteroatoms. The molecule has 1 heterocycles. The van der Waals surface area contributed by atoms with Crippen LogP contribution in [-0.4, -0.2) is 32.7 Å². The zero-order valence-corrected chi connectivity index (χ0v) is 25.0. The van der Waals surface area contributed by atoms with Crippen LogP contribution in [0.2, 0.25) is 0 Å². The molecule has 6 nitrogen and oxygen atoms in total. The molecule has 1 atom stereocenters. The van der Waals surface area contributed by atoms with Gasteiger partial charge in [-0.3, -0.25) is 4.79 Å². The Bertz CT molecular complexity index is 1820. The van der Waals surface area contributed by atoms with Crippen molar-refractivity contribution in [3.8, 4) is 5.75 Å². The summed E-state index contributed by atoms with van der Waals surface area (Å²) in [5.74, 6) is -0.724. The zero-order chi connectivity index (χ0) is 30.9. The van der Waals surface area contributed by atoms with Crippen molar-refractivity contribution < 1.29 is 15.0 Å². The second-order valence-corrected chi connectivity index (χ2v) is 11.4. The van der Waals surface area contributed by atoms with Gasteiger partial charge in [0.25, 0.3) is 5.91 Å². The van der Waals surface area contributed by atoms with Crippen LogP contribution in [0.15, 0.2) is 134 Å². The number of rotatable bonds is 8. The smallest absolute Gasteiger partial charge is 0.255 e. The van der Waals surface area contributed by atoms with E-state index >= 15 is 0 Å². The Balaban J connectivity index is 1.57. The van der Waals surface area contributed by atoms with Crippen molar-refractivity contribution in [3.05, 3.63) is 167 Å². The number of imidazole rings is 1. The van der Waals surface area contributed by atoms with Crippen LogP contribution in [0.1, 0.15) is 52.2 Å². The number of carbonyl (C=O) groups is 1. The number of phenols is 1. The number of aromatic hydroxyl groups is 1. The van der Waals surface area contributed by atoms with Gasteiger partial charge in [0, 0.05) is 13.2 Å². The van der Waals surface area contributed by atoms with E-state index in [1.54, 1.807) is 18.5 Å². The number of aliphatic hydroxyl groups is 1. The molecule has 0 aliphatic heterocycles. The van der Waals surface area contributed by atoms with Gasteiger partial charge in [0.15, 0.2) is 0 Å². The van der Waals surface area contributed by atoms with E-state index in [9.17, 15) is 15.0 Å². The fourth-order valence-electron chi connectivity index (χ4n) is 6.38. The summed E-state index contributed by atoms with van der Waals surface area (Å²) in [7, 11) is 1.53. The number of fused-ring (bicyclic) bond motifs is 1. The summed E-state index contributed by atoms with van der Waals surface area (Å²) in [6.07, 6.45) is 3.75. The lowest BCUT2D eigenvalue weighted by atomic mass is 9.76. The average Bonchev–Trinajstić information content (AvgIpc) is 3.56. The first-order chi connectivity index (χ1) is 21.3. The summed E-state index contributed by atoms with van der Waals surface area (Å²) in [6, 6.07) is 39.7. The van der Waals surface area contributed by atoms with Crippen molar-refractivity contribution >= 4 is 16.7 Å². The summed E-state index contributed by atoms with van der Waals surface area (Å²) in [4.78, 5) is 17.5. The lowest BCUT2D eigenvalue weighted by molar-refractivity contribution is 0.0279. The number of phenolic OH excluding ortho intramolecular Hbond substituents is 1. The Morgan fingerprint density at radius 2 is 1.32 bits per heavy atom. The van der Waals surface area contributed by atoms with E-state index in [1.165, 1.54) is 13.1 Å². The molecule has 220 valence electrons. The molecule has 44 heavy (non-hydrogen) atoms. The Morgan fingerprint density at radius 3 is 1.82 bits per heavy atom. The van der Waals surface area contributed by atoms with E-state index in [0.29, 0.717) is 16.6 Å². The highest BCUT2D eigenvalue weighted by molar-refractivity contribution is 6.09. The minimum Gasteiger partial charge on any atom is -0.507 e. The van der Waals surface area contributed by atoms with Gasteiger partial charge in [0.1, 0.15) is 16.9 Å². The number of carbonyl (C=O) groups excluding carboxylic acids is 1. The van der Waals surface area contributed by atoms with Gasteiger partial charge < -0.3 is 20.1 Å². The fourth-order valence-corrected chi connectivity index (χ4v) is 6.38. The Morgan fingerprint density at radius 1 is 0.773 bits per heavy atom. The summed E-state index contributed by atoms with van der Waals surface area (Å²) in [6.45, 7) is 3.93. The molecule has 0 aliphatic carbocycles. The Labute approximate surface area is 257 Å². The first kappa shape index (κ1) is 28.9. The van der Waals surface area contributed by atoms with Crippen LogP contribution in [0, 0.1) is 5.92 Å². The molecule has 6 aromatic rings. The van der Waals surface area contributed by atoms with E-state index in [2.05, 4.69) is 46.3 Å². The van der Waals surface area contributed by atoms with Gasteiger partial charge >= 0.3 is 0 Å². The molecule has 0 fully saturated rings. The summed E-state index contributed by atoms with van der Waals surface area (Å²) < 4.78 is 2.10. The molecule has 0 radical (unpaired) electrons. The van der Waals surface area contributed by atoms with Gasteiger partial charge in [0.2, 0.25) is 0 Å². The third kappa shape index (κ3) is 4.55. The second kappa shape index (κ2) is 11.5. The standard InChI is InChI=1S/C38H35N3O3/c1-26(2)38(44,31-20-21-32-27(23-31)19-22-33(42)35(32)36(43)39-3)34-24-41(25-40-34)37(28-13-7-4-8-14-28,29-15-9-5-10-16-29)30-17-11-6-12-18-30/h4-26,42,44H,1-3H3,(H,39,43). The Kier molecular flexibility index (Phi) is 7.53. The number of hydrogen-bond donors (Lipinski definition) is 3. The van der Waals surface area contributed by atoms with Crippen LogP contribution in [0.25, 0.3) is 10.8 Å². The highest BCUT2D eigenvalue weighted by Gasteiger charge is 2.42. The van der Waals surface area contributed by atoms with E-state index < -0.39 is 11.1 Å². The molecule has 0 spiro atoms. The van der Waals surface area contributed by atoms with Crippen molar-refractivity contribution in [2.24, 2.45) is 5.92 Å².